The van der Waals surface area contributed by atoms with E-state index in [9.17, 15) is 5.11 Å². The summed E-state index contributed by atoms with van der Waals surface area (Å²) in [6, 6.07) is 1.73. The molecule has 0 bridgehead atoms. The Bertz CT molecular complexity index is 497. The van der Waals surface area contributed by atoms with Crippen LogP contribution in [0.5, 0.6) is 0 Å². The molecule has 2 aliphatic heterocycles. The molecule has 3 heterocycles. The van der Waals surface area contributed by atoms with E-state index in [-0.39, 0.29) is 12.0 Å². The lowest BCUT2D eigenvalue weighted by Crippen LogP contribution is -2.57. The molecule has 3 rings (SSSR count). The predicted octanol–water partition coefficient (Wildman–Crippen LogP) is 1.52. The van der Waals surface area contributed by atoms with Gasteiger partial charge in [-0.05, 0) is 6.07 Å². The number of ether oxygens (including phenoxy) is 1. The van der Waals surface area contributed by atoms with Crippen molar-refractivity contribution >= 4 is 29.0 Å². The Labute approximate surface area is 134 Å². The minimum absolute atomic E-state index is 0.0572. The molecule has 0 spiro atoms. The van der Waals surface area contributed by atoms with Crippen LogP contribution < -0.4 is 4.90 Å². The second-order valence-electron chi connectivity index (χ2n) is 5.87. The molecule has 0 aromatic carbocycles. The molecule has 0 unspecified atom stereocenters. The number of halogens is 2. The number of piperazine rings is 1. The van der Waals surface area contributed by atoms with E-state index in [1.807, 2.05) is 0 Å². The predicted molar refractivity (Wildman–Crippen MR) is 83.2 cm³/mol. The monoisotopic (exact) mass is 331 g/mol. The third-order valence-corrected chi connectivity index (χ3v) is 4.66. The van der Waals surface area contributed by atoms with E-state index in [4.69, 9.17) is 27.9 Å². The summed E-state index contributed by atoms with van der Waals surface area (Å²) in [6.07, 6.45) is 1.63. The van der Waals surface area contributed by atoms with Gasteiger partial charge in [-0.25, -0.2) is 4.98 Å². The van der Waals surface area contributed by atoms with Crippen LogP contribution in [-0.2, 0) is 4.74 Å². The lowest BCUT2D eigenvalue weighted by molar-refractivity contribution is -0.148. The van der Waals surface area contributed by atoms with Crippen LogP contribution in [0.15, 0.2) is 12.3 Å². The lowest BCUT2D eigenvalue weighted by atomic mass is 9.86. The van der Waals surface area contributed by atoms with E-state index in [0.717, 1.165) is 38.5 Å². The van der Waals surface area contributed by atoms with Crippen molar-refractivity contribution < 1.29 is 9.84 Å². The maximum absolute atomic E-state index is 9.50. The van der Waals surface area contributed by atoms with Crippen LogP contribution in [0.4, 0.5) is 5.82 Å². The van der Waals surface area contributed by atoms with Crippen LogP contribution in [-0.4, -0.2) is 67.5 Å². The number of aromatic nitrogens is 1. The largest absolute Gasteiger partial charge is 0.396 e. The van der Waals surface area contributed by atoms with Gasteiger partial charge < -0.3 is 14.7 Å². The molecular formula is C14H19Cl2N3O2. The molecule has 5 nitrogen and oxygen atoms in total. The average Bonchev–Trinajstić information content (AvgIpc) is 2.44. The highest BCUT2D eigenvalue weighted by molar-refractivity contribution is 6.36. The molecule has 0 atom stereocenters. The van der Waals surface area contributed by atoms with Crippen molar-refractivity contribution in [3.05, 3.63) is 22.3 Å². The Kier molecular flexibility index (Phi) is 4.57. The summed E-state index contributed by atoms with van der Waals surface area (Å²) in [7, 11) is 0. The quantitative estimate of drug-likeness (QED) is 0.906. The normalized spacial score (nSPS) is 22.1. The highest BCUT2D eigenvalue weighted by Crippen LogP contribution is 2.30. The standard InChI is InChI=1S/C14H19Cl2N3O2/c15-11-5-12(16)13(17-6-11)19-3-1-18(2-4-19)7-14(8-20)9-21-10-14/h5-6,20H,1-4,7-10H2. The summed E-state index contributed by atoms with van der Waals surface area (Å²) in [5, 5.41) is 10.6. The van der Waals surface area contributed by atoms with E-state index < -0.39 is 0 Å². The van der Waals surface area contributed by atoms with Crippen molar-refractivity contribution in [2.24, 2.45) is 5.41 Å². The number of anilines is 1. The molecular weight excluding hydrogens is 313 g/mol. The Morgan fingerprint density at radius 1 is 1.24 bits per heavy atom. The second-order valence-corrected chi connectivity index (χ2v) is 6.72. The first-order valence-corrected chi connectivity index (χ1v) is 7.84. The van der Waals surface area contributed by atoms with Crippen molar-refractivity contribution in [2.75, 3.05) is 57.4 Å². The zero-order valence-electron chi connectivity index (χ0n) is 11.8. The van der Waals surface area contributed by atoms with Gasteiger partial charge in [-0.3, -0.25) is 4.90 Å². The highest BCUT2D eigenvalue weighted by atomic mass is 35.5. The number of aliphatic hydroxyl groups excluding tert-OH is 1. The van der Waals surface area contributed by atoms with Crippen LogP contribution >= 0.6 is 23.2 Å². The Balaban J connectivity index is 1.57. The number of hydrogen-bond donors (Lipinski definition) is 1. The van der Waals surface area contributed by atoms with Crippen molar-refractivity contribution in [3.8, 4) is 0 Å². The zero-order valence-corrected chi connectivity index (χ0v) is 13.3. The van der Waals surface area contributed by atoms with Crippen molar-refractivity contribution in [1.29, 1.82) is 0 Å². The topological polar surface area (TPSA) is 48.8 Å². The van der Waals surface area contributed by atoms with Gasteiger partial charge in [0.1, 0.15) is 5.82 Å². The molecule has 2 saturated heterocycles. The molecule has 2 aliphatic rings. The summed E-state index contributed by atoms with van der Waals surface area (Å²) in [4.78, 5) is 8.88. The molecule has 1 aromatic heterocycles. The van der Waals surface area contributed by atoms with E-state index >= 15 is 0 Å². The van der Waals surface area contributed by atoms with E-state index in [0.29, 0.717) is 23.3 Å². The van der Waals surface area contributed by atoms with Gasteiger partial charge in [-0.2, -0.15) is 0 Å². The molecule has 0 radical (unpaired) electrons. The van der Waals surface area contributed by atoms with Gasteiger partial charge in [-0.1, -0.05) is 23.2 Å². The molecule has 116 valence electrons. The van der Waals surface area contributed by atoms with Gasteiger partial charge in [0.25, 0.3) is 0 Å². The average molecular weight is 332 g/mol. The van der Waals surface area contributed by atoms with Gasteiger partial charge in [0.15, 0.2) is 0 Å². The minimum atomic E-state index is -0.0572. The molecule has 1 N–H and O–H groups in total. The smallest absolute Gasteiger partial charge is 0.147 e. The van der Waals surface area contributed by atoms with E-state index in [1.165, 1.54) is 0 Å². The number of pyridine rings is 1. The maximum Gasteiger partial charge on any atom is 0.147 e. The molecule has 0 amide bonds. The Morgan fingerprint density at radius 2 is 1.95 bits per heavy atom. The molecule has 21 heavy (non-hydrogen) atoms. The fraction of sp³-hybridized carbons (Fsp3) is 0.643. The lowest BCUT2D eigenvalue weighted by Gasteiger charge is -2.45. The van der Waals surface area contributed by atoms with Crippen LogP contribution in [0.1, 0.15) is 0 Å². The molecule has 0 aliphatic carbocycles. The molecule has 2 fully saturated rings. The first-order chi connectivity index (χ1) is 10.1. The zero-order chi connectivity index (χ0) is 14.9. The first kappa shape index (κ1) is 15.3. The summed E-state index contributed by atoms with van der Waals surface area (Å²) < 4.78 is 5.25. The Hall–Kier alpha value is -0.590. The van der Waals surface area contributed by atoms with Gasteiger partial charge in [0.2, 0.25) is 0 Å². The molecule has 0 saturated carbocycles. The summed E-state index contributed by atoms with van der Waals surface area (Å²) in [5.74, 6) is 0.796. The van der Waals surface area contributed by atoms with Gasteiger partial charge >= 0.3 is 0 Å². The van der Waals surface area contributed by atoms with Crippen LogP contribution in [0.2, 0.25) is 10.0 Å². The number of rotatable bonds is 4. The fourth-order valence-corrected chi connectivity index (χ4v) is 3.36. The maximum atomic E-state index is 9.50. The highest BCUT2D eigenvalue weighted by Gasteiger charge is 2.40. The summed E-state index contributed by atoms with van der Waals surface area (Å²) in [5.41, 5.74) is -0.0572. The molecule has 1 aromatic rings. The van der Waals surface area contributed by atoms with Crippen LogP contribution in [0, 0.1) is 5.41 Å². The van der Waals surface area contributed by atoms with E-state index in [2.05, 4.69) is 14.8 Å². The summed E-state index contributed by atoms with van der Waals surface area (Å²) in [6.45, 7) is 6.01. The third-order valence-electron chi connectivity index (χ3n) is 4.17. The molecule has 7 heteroatoms. The van der Waals surface area contributed by atoms with Crippen LogP contribution in [0.25, 0.3) is 0 Å². The second kappa shape index (κ2) is 6.26. The minimum Gasteiger partial charge on any atom is -0.396 e. The van der Waals surface area contributed by atoms with Gasteiger partial charge in [-0.15, -0.1) is 0 Å². The van der Waals surface area contributed by atoms with Crippen molar-refractivity contribution in [2.45, 2.75) is 0 Å². The SMILES string of the molecule is OCC1(CN2CCN(c3ncc(Cl)cc3Cl)CC2)COC1. The Morgan fingerprint density at radius 3 is 2.48 bits per heavy atom. The first-order valence-electron chi connectivity index (χ1n) is 7.09. The number of aliphatic hydroxyl groups is 1. The van der Waals surface area contributed by atoms with Gasteiger partial charge in [0.05, 0.1) is 35.3 Å². The van der Waals surface area contributed by atoms with Crippen molar-refractivity contribution in [1.82, 2.24) is 9.88 Å². The van der Waals surface area contributed by atoms with Crippen molar-refractivity contribution in [3.63, 3.8) is 0 Å². The van der Waals surface area contributed by atoms with Gasteiger partial charge in [0, 0.05) is 38.9 Å². The third kappa shape index (κ3) is 3.27. The number of hydrogen-bond acceptors (Lipinski definition) is 5. The van der Waals surface area contributed by atoms with Crippen LogP contribution in [0.3, 0.4) is 0 Å². The number of nitrogens with zero attached hydrogens (tertiary/aromatic N) is 3. The fourth-order valence-electron chi connectivity index (χ4n) is 2.86. The summed E-state index contributed by atoms with van der Waals surface area (Å²) >= 11 is 12.1. The van der Waals surface area contributed by atoms with E-state index in [1.54, 1.807) is 12.3 Å².